The summed E-state index contributed by atoms with van der Waals surface area (Å²) in [4.78, 5) is 24.7. The molecule has 0 atom stereocenters. The third kappa shape index (κ3) is 23.7. The molecule has 0 aliphatic rings. The van der Waals surface area contributed by atoms with E-state index in [1.807, 2.05) is 0 Å². The van der Waals surface area contributed by atoms with E-state index in [4.69, 9.17) is 0 Å². The van der Waals surface area contributed by atoms with Gasteiger partial charge in [0.05, 0.1) is 14.7 Å². The summed E-state index contributed by atoms with van der Waals surface area (Å²) in [5.41, 5.74) is 0.236. The van der Waals surface area contributed by atoms with Gasteiger partial charge in [0, 0.05) is 0 Å². The van der Waals surface area contributed by atoms with Crippen molar-refractivity contribution in [2.24, 2.45) is 0 Å². The van der Waals surface area contributed by atoms with E-state index in [-0.39, 0.29) is 26.7 Å². The fraction of sp³-hybridized carbons (Fsp3) is 0.818. The Balaban J connectivity index is 2.42. The summed E-state index contributed by atoms with van der Waals surface area (Å²) in [6.45, 7) is 4.52. The van der Waals surface area contributed by atoms with Gasteiger partial charge in [0.15, 0.2) is 0 Å². The van der Waals surface area contributed by atoms with Gasteiger partial charge in [-0.05, 0) is 42.9 Å². The van der Waals surface area contributed by atoms with Crippen LogP contribution in [0.5, 0.6) is 0 Å². The van der Waals surface area contributed by atoms with Crippen molar-refractivity contribution in [3.05, 3.63) is 31.9 Å². The molecule has 2 N–H and O–H groups in total. The normalized spacial score (nSPS) is 11.5. The Morgan fingerprint density at radius 2 is 0.745 bits per heavy atom. The molecular formula is C44H77IO6. The summed E-state index contributed by atoms with van der Waals surface area (Å²) in [7, 11) is 0. The molecule has 0 aromatic heterocycles. The largest absolute Gasteiger partial charge is 0.478 e. The number of rotatable bonds is 37. The number of aryl methyl sites for hydroxylation is 1. The molecule has 6 nitrogen and oxygen atoms in total. The van der Waals surface area contributed by atoms with Gasteiger partial charge in [-0.2, -0.15) is 0 Å². The Kier molecular flexibility index (Phi) is 30.8. The van der Waals surface area contributed by atoms with E-state index in [1.165, 1.54) is 160 Å². The van der Waals surface area contributed by atoms with Crippen molar-refractivity contribution in [1.29, 1.82) is 0 Å². The highest BCUT2D eigenvalue weighted by atomic mass is 127. The highest BCUT2D eigenvalue weighted by Crippen LogP contribution is 2.33. The molecule has 0 radical (unpaired) electrons. The summed E-state index contributed by atoms with van der Waals surface area (Å²) in [5.74, 6) is -2.51. The van der Waals surface area contributed by atoms with Crippen molar-refractivity contribution in [2.45, 2.75) is 232 Å². The van der Waals surface area contributed by atoms with Crippen LogP contribution in [0.2, 0.25) is 0 Å². The molecule has 51 heavy (non-hydrogen) atoms. The van der Waals surface area contributed by atoms with Gasteiger partial charge in [0.25, 0.3) is 0 Å². The third-order valence-corrected chi connectivity index (χ3v) is 12.7. The minimum atomic E-state index is -4.19. The molecule has 296 valence electrons. The van der Waals surface area contributed by atoms with Gasteiger partial charge in [-0.25, -0.2) is 15.7 Å². The standard InChI is InChI=1S/C44H77IO6/c1-3-5-7-9-11-13-15-17-19-21-23-25-27-29-31-33-35-38-37-40(43(46)47)39(41(44(48)49)42(38)45(50)51)36-34-32-30-28-26-24-22-20-18-16-14-12-10-8-6-4-2/h37H,3-36H2,1-2H3,(H,46,47)(H,48,49). The maximum atomic E-state index is 12.5. The number of aromatic carboxylic acids is 2. The number of benzene rings is 1. The molecular weight excluding hydrogens is 751 g/mol. The molecule has 0 aliphatic carbocycles. The van der Waals surface area contributed by atoms with Gasteiger partial charge in [0.2, 0.25) is 0 Å². The van der Waals surface area contributed by atoms with Gasteiger partial charge >= 0.3 is 31.7 Å². The second-order valence-corrected chi connectivity index (χ2v) is 17.5. The van der Waals surface area contributed by atoms with Gasteiger partial charge in [0.1, 0.15) is 0 Å². The number of carboxylic acids is 2. The maximum absolute atomic E-state index is 12.5. The monoisotopic (exact) mass is 828 g/mol. The van der Waals surface area contributed by atoms with Crippen molar-refractivity contribution in [2.75, 3.05) is 0 Å². The molecule has 0 amide bonds. The molecule has 0 saturated carbocycles. The van der Waals surface area contributed by atoms with E-state index >= 15 is 0 Å². The lowest BCUT2D eigenvalue weighted by Gasteiger charge is -2.16. The predicted molar refractivity (Wildman–Crippen MR) is 221 cm³/mol. The fourth-order valence-electron chi connectivity index (χ4n) is 7.50. The number of halogens is 1. The highest BCUT2D eigenvalue weighted by Gasteiger charge is 2.27. The van der Waals surface area contributed by atoms with Crippen molar-refractivity contribution in [3.63, 3.8) is 0 Å². The average molecular weight is 829 g/mol. The zero-order valence-corrected chi connectivity index (χ0v) is 35.2. The molecule has 0 saturated heterocycles. The molecule has 0 bridgehead atoms. The number of carboxylic acid groups (broad SMARTS) is 2. The summed E-state index contributed by atoms with van der Waals surface area (Å²) >= 11 is -4.19. The lowest BCUT2D eigenvalue weighted by Crippen LogP contribution is -2.15. The van der Waals surface area contributed by atoms with E-state index in [0.29, 0.717) is 18.4 Å². The molecule has 1 aromatic carbocycles. The molecule has 1 aromatic rings. The van der Waals surface area contributed by atoms with Crippen LogP contribution in [0.1, 0.15) is 251 Å². The zero-order chi connectivity index (χ0) is 37.4. The van der Waals surface area contributed by atoms with Gasteiger partial charge in [-0.3, -0.25) is 0 Å². The lowest BCUT2D eigenvalue weighted by atomic mass is 9.91. The topological polar surface area (TPSA) is 109 Å². The number of hydrogen-bond donors (Lipinski definition) is 2. The summed E-state index contributed by atoms with van der Waals surface area (Å²) in [6.07, 6.45) is 40.1. The smallest absolute Gasteiger partial charge is 0.342 e. The SMILES string of the molecule is CCCCCCCCCCCCCCCCCCc1cc(C(=O)O)c(CCCCCCCCCCCCCCCCCC)c(C(=O)O)c1I(=O)=O. The molecule has 0 spiro atoms. The van der Waals surface area contributed by atoms with E-state index < -0.39 is 31.7 Å². The van der Waals surface area contributed by atoms with Gasteiger partial charge < -0.3 is 10.2 Å². The van der Waals surface area contributed by atoms with Crippen LogP contribution in [0, 0.1) is 3.57 Å². The molecule has 0 unspecified atom stereocenters. The van der Waals surface area contributed by atoms with E-state index in [1.54, 1.807) is 0 Å². The van der Waals surface area contributed by atoms with Crippen LogP contribution in [0.3, 0.4) is 0 Å². The predicted octanol–water partition coefficient (Wildman–Crippen LogP) is 15.1. The van der Waals surface area contributed by atoms with Crippen LogP contribution in [0.25, 0.3) is 0 Å². The Bertz CT molecular complexity index is 1100. The summed E-state index contributed by atoms with van der Waals surface area (Å²) in [6, 6.07) is 1.47. The zero-order valence-electron chi connectivity index (χ0n) is 33.0. The maximum Gasteiger partial charge on any atom is 0.342 e. The first kappa shape index (κ1) is 47.5. The van der Waals surface area contributed by atoms with Crippen LogP contribution >= 0.6 is 19.8 Å². The van der Waals surface area contributed by atoms with Crippen molar-refractivity contribution < 1.29 is 25.9 Å². The molecule has 0 heterocycles. The quantitative estimate of drug-likeness (QED) is 0.0511. The Labute approximate surface area is 320 Å². The number of carbonyl (C=O) groups is 2. The first-order valence-corrected chi connectivity index (χ1v) is 24.4. The van der Waals surface area contributed by atoms with Crippen molar-refractivity contribution in [3.8, 4) is 0 Å². The highest BCUT2D eigenvalue weighted by molar-refractivity contribution is 14.2. The second-order valence-electron chi connectivity index (χ2n) is 15.2. The van der Waals surface area contributed by atoms with Crippen LogP contribution < -0.4 is 0 Å². The van der Waals surface area contributed by atoms with Crippen LogP contribution in [0.4, 0.5) is 0 Å². The molecule has 1 rings (SSSR count). The fourth-order valence-corrected chi connectivity index (χ4v) is 9.49. The third-order valence-electron chi connectivity index (χ3n) is 10.6. The molecule has 7 heteroatoms. The molecule has 0 aliphatic heterocycles. The van der Waals surface area contributed by atoms with Crippen molar-refractivity contribution in [1.82, 2.24) is 0 Å². The first-order valence-electron chi connectivity index (χ1n) is 21.6. The molecule has 0 fully saturated rings. The van der Waals surface area contributed by atoms with Gasteiger partial charge in [-0.15, -0.1) is 0 Å². The Morgan fingerprint density at radius 3 is 1.02 bits per heavy atom. The van der Waals surface area contributed by atoms with E-state index in [2.05, 4.69) is 13.8 Å². The van der Waals surface area contributed by atoms with Gasteiger partial charge in [-0.1, -0.05) is 206 Å². The van der Waals surface area contributed by atoms with E-state index in [0.717, 1.165) is 44.9 Å². The minimum Gasteiger partial charge on any atom is -0.478 e. The summed E-state index contributed by atoms with van der Waals surface area (Å²) in [5, 5.41) is 20.2. The lowest BCUT2D eigenvalue weighted by molar-refractivity contribution is 0.0693. The number of hydrogen-bond acceptors (Lipinski definition) is 4. The first-order chi connectivity index (χ1) is 24.8. The van der Waals surface area contributed by atoms with E-state index in [9.17, 15) is 25.9 Å². The summed E-state index contributed by atoms with van der Waals surface area (Å²) < 4.78 is 24.9. The number of unbranched alkanes of at least 4 members (excludes halogenated alkanes) is 30. The Morgan fingerprint density at radius 1 is 0.451 bits per heavy atom. The second kappa shape index (κ2) is 33.1. The Hall–Kier alpha value is -1.51. The van der Waals surface area contributed by atoms with Crippen LogP contribution in [0.15, 0.2) is 6.07 Å². The van der Waals surface area contributed by atoms with Crippen LogP contribution in [-0.2, 0) is 19.0 Å². The van der Waals surface area contributed by atoms with Crippen LogP contribution in [-0.4, -0.2) is 22.2 Å². The minimum absolute atomic E-state index is 0.0404. The average Bonchev–Trinajstić information content (AvgIpc) is 3.10. The van der Waals surface area contributed by atoms with Crippen molar-refractivity contribution >= 4 is 31.7 Å².